The summed E-state index contributed by atoms with van der Waals surface area (Å²) in [4.78, 5) is 35.5. The van der Waals surface area contributed by atoms with E-state index in [1.54, 1.807) is 25.1 Å². The molecule has 134 valence electrons. The zero-order valence-electron chi connectivity index (χ0n) is 13.8. The minimum Gasteiger partial charge on any atom is -0.479 e. The van der Waals surface area contributed by atoms with Crippen LogP contribution in [0, 0.1) is 5.82 Å². The van der Waals surface area contributed by atoms with Gasteiger partial charge in [-0.25, -0.2) is 4.39 Å². The van der Waals surface area contributed by atoms with Gasteiger partial charge in [-0.3, -0.25) is 14.4 Å². The molecule has 1 aliphatic rings. The number of rotatable bonds is 4. The van der Waals surface area contributed by atoms with Gasteiger partial charge in [-0.2, -0.15) is 0 Å². The van der Waals surface area contributed by atoms with Gasteiger partial charge in [0.1, 0.15) is 11.6 Å². The van der Waals surface area contributed by atoms with E-state index >= 15 is 0 Å². The van der Waals surface area contributed by atoms with Crippen molar-refractivity contribution in [3.8, 4) is 5.75 Å². The Kier molecular flexibility index (Phi) is 4.83. The Morgan fingerprint density at radius 1 is 1.19 bits per heavy atom. The van der Waals surface area contributed by atoms with Crippen molar-refractivity contribution >= 4 is 29.1 Å². The Labute approximate surface area is 148 Å². The lowest BCUT2D eigenvalue weighted by Gasteiger charge is -2.23. The van der Waals surface area contributed by atoms with E-state index in [1.807, 2.05) is 0 Å². The Balaban J connectivity index is 1.57. The highest BCUT2D eigenvalue weighted by atomic mass is 19.1. The summed E-state index contributed by atoms with van der Waals surface area (Å²) in [6.45, 7) is 1.38. The minimum atomic E-state index is -0.579. The fourth-order valence-corrected chi connectivity index (χ4v) is 2.36. The van der Waals surface area contributed by atoms with Gasteiger partial charge in [0.25, 0.3) is 11.8 Å². The monoisotopic (exact) mass is 357 g/mol. The second kappa shape index (κ2) is 7.22. The van der Waals surface area contributed by atoms with Crippen molar-refractivity contribution in [3.63, 3.8) is 0 Å². The van der Waals surface area contributed by atoms with Gasteiger partial charge in [0, 0.05) is 11.3 Å². The molecule has 0 spiro atoms. The van der Waals surface area contributed by atoms with Gasteiger partial charge in [0.15, 0.2) is 6.10 Å². The molecule has 26 heavy (non-hydrogen) atoms. The maximum absolute atomic E-state index is 12.8. The van der Waals surface area contributed by atoms with E-state index in [9.17, 15) is 18.8 Å². The van der Waals surface area contributed by atoms with Crippen molar-refractivity contribution in [1.82, 2.24) is 5.32 Å². The highest BCUT2D eigenvalue weighted by Gasteiger charge is 2.23. The normalized spacial score (nSPS) is 15.3. The Bertz CT molecular complexity index is 867. The molecular formula is C18H16FN3O4. The first-order valence-corrected chi connectivity index (χ1v) is 7.87. The fraction of sp³-hybridized carbons (Fsp3) is 0.167. The van der Waals surface area contributed by atoms with E-state index in [1.165, 1.54) is 24.3 Å². The van der Waals surface area contributed by atoms with Crippen molar-refractivity contribution in [2.45, 2.75) is 13.0 Å². The molecule has 7 nitrogen and oxygen atoms in total. The molecule has 8 heteroatoms. The van der Waals surface area contributed by atoms with E-state index in [0.717, 1.165) is 0 Å². The summed E-state index contributed by atoms with van der Waals surface area (Å²) < 4.78 is 18.3. The van der Waals surface area contributed by atoms with Crippen molar-refractivity contribution < 1.29 is 23.5 Å². The Morgan fingerprint density at radius 3 is 2.65 bits per heavy atom. The average Bonchev–Trinajstić information content (AvgIpc) is 2.61. The maximum atomic E-state index is 12.8. The SMILES string of the molecule is CC1Oc2ccc(NC(=O)CNC(=O)c3ccc(F)cc3)cc2NC1=O. The first-order valence-electron chi connectivity index (χ1n) is 7.87. The Hall–Kier alpha value is -3.42. The predicted molar refractivity (Wildman–Crippen MR) is 92.5 cm³/mol. The third-order valence-corrected chi connectivity index (χ3v) is 3.71. The summed E-state index contributed by atoms with van der Waals surface area (Å²) in [6.07, 6.45) is -0.579. The predicted octanol–water partition coefficient (Wildman–Crippen LogP) is 1.91. The number of amides is 3. The summed E-state index contributed by atoms with van der Waals surface area (Å²) in [6, 6.07) is 9.82. The Morgan fingerprint density at radius 2 is 1.92 bits per heavy atom. The number of fused-ring (bicyclic) bond motifs is 1. The molecule has 0 aromatic heterocycles. The molecule has 0 radical (unpaired) electrons. The van der Waals surface area contributed by atoms with Crippen LogP contribution in [-0.2, 0) is 9.59 Å². The average molecular weight is 357 g/mol. The molecule has 0 bridgehead atoms. The van der Waals surface area contributed by atoms with Crippen LogP contribution in [0.25, 0.3) is 0 Å². The highest BCUT2D eigenvalue weighted by molar-refractivity contribution is 6.01. The molecule has 1 heterocycles. The molecule has 1 atom stereocenters. The third-order valence-electron chi connectivity index (χ3n) is 3.71. The number of ether oxygens (including phenoxy) is 1. The van der Waals surface area contributed by atoms with Crippen LogP contribution in [-0.4, -0.2) is 30.4 Å². The van der Waals surface area contributed by atoms with E-state index in [4.69, 9.17) is 4.74 Å². The number of nitrogens with one attached hydrogen (secondary N) is 3. The molecule has 3 rings (SSSR count). The molecular weight excluding hydrogens is 341 g/mol. The van der Waals surface area contributed by atoms with Crippen LogP contribution in [0.5, 0.6) is 5.75 Å². The lowest BCUT2D eigenvalue weighted by Crippen LogP contribution is -2.34. The number of halogens is 1. The van der Waals surface area contributed by atoms with Crippen LogP contribution >= 0.6 is 0 Å². The second-order valence-electron chi connectivity index (χ2n) is 5.70. The molecule has 0 saturated carbocycles. The summed E-state index contributed by atoms with van der Waals surface area (Å²) in [5.74, 6) is -1.14. The van der Waals surface area contributed by atoms with Crippen LogP contribution in [0.1, 0.15) is 17.3 Å². The number of carbonyl (C=O) groups is 3. The van der Waals surface area contributed by atoms with Gasteiger partial charge in [0.2, 0.25) is 5.91 Å². The molecule has 3 amide bonds. The number of hydrogen-bond acceptors (Lipinski definition) is 4. The first kappa shape index (κ1) is 17.4. The topological polar surface area (TPSA) is 96.5 Å². The number of carbonyl (C=O) groups excluding carboxylic acids is 3. The van der Waals surface area contributed by atoms with Crippen LogP contribution in [0.2, 0.25) is 0 Å². The maximum Gasteiger partial charge on any atom is 0.265 e. The van der Waals surface area contributed by atoms with Gasteiger partial charge in [-0.1, -0.05) is 0 Å². The quantitative estimate of drug-likeness (QED) is 0.779. The van der Waals surface area contributed by atoms with Gasteiger partial charge in [-0.05, 0) is 49.4 Å². The summed E-state index contributed by atoms with van der Waals surface area (Å²) in [5.41, 5.74) is 1.16. The summed E-state index contributed by atoms with van der Waals surface area (Å²) in [5, 5.41) is 7.74. The van der Waals surface area contributed by atoms with Crippen LogP contribution in [0.4, 0.5) is 15.8 Å². The van der Waals surface area contributed by atoms with Crippen molar-refractivity contribution in [2.24, 2.45) is 0 Å². The van der Waals surface area contributed by atoms with E-state index in [-0.39, 0.29) is 18.0 Å². The van der Waals surface area contributed by atoms with Crippen LogP contribution in [0.15, 0.2) is 42.5 Å². The summed E-state index contributed by atoms with van der Waals surface area (Å²) >= 11 is 0. The zero-order chi connectivity index (χ0) is 18.7. The van der Waals surface area contributed by atoms with Gasteiger partial charge < -0.3 is 20.7 Å². The van der Waals surface area contributed by atoms with E-state index in [0.29, 0.717) is 17.1 Å². The number of hydrogen-bond donors (Lipinski definition) is 3. The molecule has 0 saturated heterocycles. The van der Waals surface area contributed by atoms with Crippen molar-refractivity contribution in [2.75, 3.05) is 17.2 Å². The third kappa shape index (κ3) is 3.97. The van der Waals surface area contributed by atoms with Crippen LogP contribution < -0.4 is 20.7 Å². The van der Waals surface area contributed by atoms with Crippen molar-refractivity contribution in [1.29, 1.82) is 0 Å². The molecule has 0 fully saturated rings. The minimum absolute atomic E-state index is 0.252. The molecule has 1 aliphatic heterocycles. The fourth-order valence-electron chi connectivity index (χ4n) is 2.36. The standard InChI is InChI=1S/C18H16FN3O4/c1-10-17(24)22-14-8-13(6-7-15(14)26-10)21-16(23)9-20-18(25)11-2-4-12(19)5-3-11/h2-8,10H,9H2,1H3,(H,20,25)(H,21,23)(H,22,24). The smallest absolute Gasteiger partial charge is 0.265 e. The van der Waals surface area contributed by atoms with Gasteiger partial charge >= 0.3 is 0 Å². The largest absolute Gasteiger partial charge is 0.479 e. The second-order valence-corrected chi connectivity index (χ2v) is 5.70. The summed E-state index contributed by atoms with van der Waals surface area (Å²) in [7, 11) is 0. The molecule has 3 N–H and O–H groups in total. The van der Waals surface area contributed by atoms with E-state index in [2.05, 4.69) is 16.0 Å². The van der Waals surface area contributed by atoms with Gasteiger partial charge in [0.05, 0.1) is 12.2 Å². The zero-order valence-corrected chi connectivity index (χ0v) is 13.8. The van der Waals surface area contributed by atoms with Crippen LogP contribution in [0.3, 0.4) is 0 Å². The molecule has 2 aromatic carbocycles. The lowest BCUT2D eigenvalue weighted by molar-refractivity contribution is -0.122. The first-order chi connectivity index (χ1) is 12.4. The van der Waals surface area contributed by atoms with Crippen molar-refractivity contribution in [3.05, 3.63) is 53.8 Å². The number of anilines is 2. The molecule has 2 aromatic rings. The molecule has 1 unspecified atom stereocenters. The lowest BCUT2D eigenvalue weighted by atomic mass is 10.2. The van der Waals surface area contributed by atoms with Gasteiger partial charge in [-0.15, -0.1) is 0 Å². The molecule has 0 aliphatic carbocycles. The number of benzene rings is 2. The highest BCUT2D eigenvalue weighted by Crippen LogP contribution is 2.32. The van der Waals surface area contributed by atoms with E-state index < -0.39 is 23.7 Å².